The first-order chi connectivity index (χ1) is 13.9. The highest BCUT2D eigenvalue weighted by atomic mass is 16.5. The number of amides is 2. The molecule has 6 heteroatoms. The van der Waals surface area contributed by atoms with E-state index in [1.54, 1.807) is 21.0 Å². The number of H-pyrrole nitrogens is 1. The number of carbonyl (C=O) groups excluding carboxylic acids is 2. The first-order valence-corrected chi connectivity index (χ1v) is 9.66. The molecule has 1 aromatic heterocycles. The van der Waals surface area contributed by atoms with E-state index in [1.807, 2.05) is 48.7 Å². The molecule has 0 bridgehead atoms. The van der Waals surface area contributed by atoms with Crippen LogP contribution in [0, 0.1) is 5.41 Å². The standard InChI is InChI=1S/C23H27N3O3/c1-23(2,22(28)26-14-16-8-10-18(29-3)11-9-16)21(27)24-13-12-17-15-25-20-7-5-4-6-19(17)20/h4-11,15,25H,12-14H2,1-3H3,(H,24,27)(H,26,28). The molecule has 3 N–H and O–H groups in total. The summed E-state index contributed by atoms with van der Waals surface area (Å²) in [7, 11) is 1.61. The lowest BCUT2D eigenvalue weighted by molar-refractivity contribution is -0.141. The molecule has 0 spiro atoms. The number of para-hydroxylation sites is 1. The van der Waals surface area contributed by atoms with Gasteiger partial charge in [0.2, 0.25) is 11.8 Å². The molecule has 0 unspecified atom stereocenters. The maximum Gasteiger partial charge on any atom is 0.235 e. The number of aromatic nitrogens is 1. The zero-order valence-corrected chi connectivity index (χ0v) is 17.0. The Labute approximate surface area is 170 Å². The Morgan fingerprint density at radius 3 is 2.41 bits per heavy atom. The van der Waals surface area contributed by atoms with E-state index in [1.165, 1.54) is 0 Å². The summed E-state index contributed by atoms with van der Waals surface area (Å²) in [4.78, 5) is 28.4. The van der Waals surface area contributed by atoms with E-state index in [-0.39, 0.29) is 11.8 Å². The van der Waals surface area contributed by atoms with Gasteiger partial charge in [-0.3, -0.25) is 9.59 Å². The van der Waals surface area contributed by atoms with Crippen LogP contribution in [-0.4, -0.2) is 30.5 Å². The molecule has 1 heterocycles. The van der Waals surface area contributed by atoms with Gasteiger partial charge in [-0.2, -0.15) is 0 Å². The molecule has 6 nitrogen and oxygen atoms in total. The predicted octanol–water partition coefficient (Wildman–Crippen LogP) is 3.18. The summed E-state index contributed by atoms with van der Waals surface area (Å²) < 4.78 is 5.13. The third kappa shape index (κ3) is 4.77. The minimum atomic E-state index is -1.16. The van der Waals surface area contributed by atoms with E-state index >= 15 is 0 Å². The fourth-order valence-electron chi connectivity index (χ4n) is 3.12. The Morgan fingerprint density at radius 1 is 1.00 bits per heavy atom. The molecule has 0 saturated heterocycles. The third-order valence-electron chi connectivity index (χ3n) is 5.10. The summed E-state index contributed by atoms with van der Waals surface area (Å²) in [6, 6.07) is 15.5. The average molecular weight is 393 g/mol. The minimum absolute atomic E-state index is 0.287. The number of ether oxygens (including phenoxy) is 1. The van der Waals surface area contributed by atoms with Crippen LogP contribution in [0.4, 0.5) is 0 Å². The van der Waals surface area contributed by atoms with E-state index in [9.17, 15) is 9.59 Å². The maximum absolute atomic E-state index is 12.6. The summed E-state index contributed by atoms with van der Waals surface area (Å²) in [5.41, 5.74) is 2.00. The second kappa shape index (κ2) is 8.82. The van der Waals surface area contributed by atoms with Crippen LogP contribution in [0.2, 0.25) is 0 Å². The Balaban J connectivity index is 1.50. The number of hydrogen-bond acceptors (Lipinski definition) is 3. The molecule has 0 aliphatic rings. The highest BCUT2D eigenvalue weighted by molar-refractivity contribution is 6.04. The number of methoxy groups -OCH3 is 1. The summed E-state index contributed by atoms with van der Waals surface area (Å²) in [6.07, 6.45) is 2.66. The van der Waals surface area contributed by atoms with Gasteiger partial charge >= 0.3 is 0 Å². The minimum Gasteiger partial charge on any atom is -0.497 e. The lowest BCUT2D eigenvalue weighted by Crippen LogP contribution is -2.48. The Bertz CT molecular complexity index is 990. The van der Waals surface area contributed by atoms with Crippen molar-refractivity contribution in [3.8, 4) is 5.75 Å². The Kier molecular flexibility index (Phi) is 6.22. The van der Waals surface area contributed by atoms with Crippen molar-refractivity contribution in [3.05, 3.63) is 65.9 Å². The van der Waals surface area contributed by atoms with Crippen molar-refractivity contribution < 1.29 is 14.3 Å². The van der Waals surface area contributed by atoms with Crippen molar-refractivity contribution in [2.24, 2.45) is 5.41 Å². The van der Waals surface area contributed by atoms with E-state index in [0.29, 0.717) is 19.5 Å². The van der Waals surface area contributed by atoms with Crippen LogP contribution >= 0.6 is 0 Å². The maximum atomic E-state index is 12.6. The van der Waals surface area contributed by atoms with E-state index in [0.717, 1.165) is 27.8 Å². The zero-order chi connectivity index (χ0) is 20.9. The van der Waals surface area contributed by atoms with Gasteiger partial charge in [0.1, 0.15) is 11.2 Å². The SMILES string of the molecule is COc1ccc(CNC(=O)C(C)(C)C(=O)NCCc2c[nH]c3ccccc23)cc1. The number of fused-ring (bicyclic) bond motifs is 1. The molecular formula is C23H27N3O3. The van der Waals surface area contributed by atoms with Crippen LogP contribution in [0.3, 0.4) is 0 Å². The highest BCUT2D eigenvalue weighted by Gasteiger charge is 2.35. The quantitative estimate of drug-likeness (QED) is 0.514. The number of carbonyl (C=O) groups is 2. The van der Waals surface area contributed by atoms with Crippen molar-refractivity contribution in [1.82, 2.24) is 15.6 Å². The van der Waals surface area contributed by atoms with E-state index in [4.69, 9.17) is 4.74 Å². The first kappa shape index (κ1) is 20.5. The molecule has 2 aromatic carbocycles. The van der Waals surface area contributed by atoms with Gasteiger partial charge < -0.3 is 20.4 Å². The molecule has 3 rings (SSSR count). The van der Waals surface area contributed by atoms with Gasteiger partial charge in [0.15, 0.2) is 0 Å². The molecular weight excluding hydrogens is 366 g/mol. The monoisotopic (exact) mass is 393 g/mol. The first-order valence-electron chi connectivity index (χ1n) is 9.66. The van der Waals surface area contributed by atoms with E-state index in [2.05, 4.69) is 21.7 Å². The number of benzene rings is 2. The number of hydrogen-bond donors (Lipinski definition) is 3. The fourth-order valence-corrected chi connectivity index (χ4v) is 3.12. The lowest BCUT2D eigenvalue weighted by Gasteiger charge is -2.22. The second-order valence-electron chi connectivity index (χ2n) is 7.52. The number of rotatable bonds is 8. The molecule has 0 aliphatic heterocycles. The van der Waals surface area contributed by atoms with Gasteiger partial charge in [-0.15, -0.1) is 0 Å². The number of aromatic amines is 1. The van der Waals surface area contributed by atoms with Crippen LogP contribution in [-0.2, 0) is 22.6 Å². The summed E-state index contributed by atoms with van der Waals surface area (Å²) in [5.74, 6) is 0.164. The summed E-state index contributed by atoms with van der Waals surface area (Å²) in [6.45, 7) is 4.10. The van der Waals surface area contributed by atoms with Crippen LogP contribution in [0.25, 0.3) is 10.9 Å². The molecule has 0 atom stereocenters. The normalized spacial score (nSPS) is 11.3. The van der Waals surface area contributed by atoms with Gasteiger partial charge in [0, 0.05) is 30.2 Å². The molecule has 29 heavy (non-hydrogen) atoms. The van der Waals surface area contributed by atoms with Crippen LogP contribution in [0.1, 0.15) is 25.0 Å². The summed E-state index contributed by atoms with van der Waals surface area (Å²) in [5, 5.41) is 6.88. The topological polar surface area (TPSA) is 83.2 Å². The molecule has 0 fully saturated rings. The van der Waals surface area contributed by atoms with Gasteiger partial charge in [-0.25, -0.2) is 0 Å². The molecule has 3 aromatic rings. The molecule has 2 amide bonds. The smallest absolute Gasteiger partial charge is 0.235 e. The Morgan fingerprint density at radius 2 is 1.69 bits per heavy atom. The highest BCUT2D eigenvalue weighted by Crippen LogP contribution is 2.19. The lowest BCUT2D eigenvalue weighted by atomic mass is 9.91. The fraction of sp³-hybridized carbons (Fsp3) is 0.304. The largest absolute Gasteiger partial charge is 0.497 e. The number of nitrogens with one attached hydrogen (secondary N) is 3. The zero-order valence-electron chi connectivity index (χ0n) is 17.0. The van der Waals surface area contributed by atoms with Gasteiger partial charge in [-0.05, 0) is 49.6 Å². The van der Waals surface area contributed by atoms with Crippen molar-refractivity contribution in [1.29, 1.82) is 0 Å². The van der Waals surface area contributed by atoms with Crippen molar-refractivity contribution >= 4 is 22.7 Å². The average Bonchev–Trinajstić information content (AvgIpc) is 3.15. The van der Waals surface area contributed by atoms with Crippen LogP contribution in [0.15, 0.2) is 54.7 Å². The third-order valence-corrected chi connectivity index (χ3v) is 5.10. The summed E-state index contributed by atoms with van der Waals surface area (Å²) >= 11 is 0. The van der Waals surface area contributed by atoms with Gasteiger partial charge in [0.25, 0.3) is 0 Å². The van der Waals surface area contributed by atoms with E-state index < -0.39 is 5.41 Å². The molecule has 0 aliphatic carbocycles. The molecule has 0 radical (unpaired) electrons. The molecule has 0 saturated carbocycles. The molecule has 152 valence electrons. The van der Waals surface area contributed by atoms with Gasteiger partial charge in [0.05, 0.1) is 7.11 Å². The van der Waals surface area contributed by atoms with Crippen LogP contribution in [0.5, 0.6) is 5.75 Å². The second-order valence-corrected chi connectivity index (χ2v) is 7.52. The van der Waals surface area contributed by atoms with Crippen molar-refractivity contribution in [3.63, 3.8) is 0 Å². The predicted molar refractivity (Wildman–Crippen MR) is 114 cm³/mol. The van der Waals surface area contributed by atoms with Gasteiger partial charge in [-0.1, -0.05) is 30.3 Å². The van der Waals surface area contributed by atoms with Crippen LogP contribution < -0.4 is 15.4 Å². The Hall–Kier alpha value is -3.28. The van der Waals surface area contributed by atoms with Crippen molar-refractivity contribution in [2.75, 3.05) is 13.7 Å². The van der Waals surface area contributed by atoms with Crippen molar-refractivity contribution in [2.45, 2.75) is 26.8 Å².